The number of para-hydroxylation sites is 6. The van der Waals surface area contributed by atoms with E-state index in [1.807, 2.05) is 12.1 Å². The third kappa shape index (κ3) is 8.60. The van der Waals surface area contributed by atoms with Crippen molar-refractivity contribution in [2.75, 3.05) is 0 Å². The summed E-state index contributed by atoms with van der Waals surface area (Å²) < 4.78 is 22.4. The van der Waals surface area contributed by atoms with Gasteiger partial charge in [-0.2, -0.15) is 0 Å². The molecule has 0 amide bonds. The summed E-state index contributed by atoms with van der Waals surface area (Å²) in [7, 11) is 0. The normalized spacial score (nSPS) is 12.1. The standard InChI is InChI=1S/C96H58N4O2/c1-2-14-69(15-3-1)97-85-21-9-4-16-73(85)79-52-64(33-46-89(79)97)65-34-49-92-82(53-65)76-19-7-12-24-88(76)100(92)72-43-30-61(31-44-72)68-32-45-78-84-57-63(38-51-95(84)102-96(78)58-68)60-28-41-71(42-29-60)99-87-23-11-6-18-75(87)81-55-67(36-48-91(81)99)66-35-47-90-80(54-66)74-17-5-10-22-86(74)98(90)70-39-26-59(27-40-70)62-37-50-94-83(56-62)77-20-8-13-25-93(77)101-94/h1-58H. The molecule has 0 radical (unpaired) electrons. The van der Waals surface area contributed by atoms with Crippen LogP contribution in [0, 0.1) is 0 Å². The summed E-state index contributed by atoms with van der Waals surface area (Å²) in [5, 5.41) is 14.3. The fourth-order valence-corrected chi connectivity index (χ4v) is 16.8. The predicted octanol–water partition coefficient (Wildman–Crippen LogP) is 26.2. The van der Waals surface area contributed by atoms with Gasteiger partial charge in [-0.25, -0.2) is 0 Å². The zero-order chi connectivity index (χ0) is 66.7. The Kier molecular flexibility index (Phi) is 12.1. The summed E-state index contributed by atoms with van der Waals surface area (Å²) in [6.45, 7) is 0. The minimum Gasteiger partial charge on any atom is -0.456 e. The van der Waals surface area contributed by atoms with Gasteiger partial charge in [-0.15, -0.1) is 0 Å². The highest BCUT2D eigenvalue weighted by molar-refractivity contribution is 6.16. The zero-order valence-corrected chi connectivity index (χ0v) is 55.1. The number of benzene rings is 16. The molecule has 0 spiro atoms. The minimum atomic E-state index is 0.869. The molecule has 22 rings (SSSR count). The highest BCUT2D eigenvalue weighted by atomic mass is 16.3. The van der Waals surface area contributed by atoms with Crippen LogP contribution in [0.2, 0.25) is 0 Å². The SMILES string of the molecule is c1ccc(-n2c3ccccc3c3cc(-c4ccc5c(c4)c4ccccc4n5-c4ccc(-c5ccc6c(c5)oc5ccc(-c7ccc(-n8c9ccccc9c9cc(-c%10ccc%11c(c%10)c%10ccccc%10n%11-c%10ccc(-c%11ccc%12oc%13ccccc%13c%12c%11)cc%10)ccc98)cc7)cc56)cc4)ccc32)cc1. The van der Waals surface area contributed by atoms with Gasteiger partial charge in [-0.3, -0.25) is 0 Å². The number of fused-ring (bicyclic) bond motifs is 18. The zero-order valence-electron chi connectivity index (χ0n) is 55.1. The number of hydrogen-bond donors (Lipinski definition) is 0. The second-order valence-corrected chi connectivity index (χ2v) is 27.1. The van der Waals surface area contributed by atoms with Gasteiger partial charge in [-0.1, -0.05) is 188 Å². The van der Waals surface area contributed by atoms with Gasteiger partial charge in [0, 0.05) is 87.4 Å². The van der Waals surface area contributed by atoms with Gasteiger partial charge in [0.25, 0.3) is 0 Å². The van der Waals surface area contributed by atoms with E-state index in [0.29, 0.717) is 0 Å². The average Bonchev–Trinajstić information content (AvgIpc) is 1.62. The van der Waals surface area contributed by atoms with Crippen molar-refractivity contribution >= 4 is 131 Å². The van der Waals surface area contributed by atoms with Crippen molar-refractivity contribution in [3.8, 4) is 78.4 Å². The van der Waals surface area contributed by atoms with Gasteiger partial charge >= 0.3 is 0 Å². The van der Waals surface area contributed by atoms with Crippen molar-refractivity contribution in [3.63, 3.8) is 0 Å². The highest BCUT2D eigenvalue weighted by Crippen LogP contribution is 2.44. The van der Waals surface area contributed by atoms with E-state index < -0.39 is 0 Å². The molecule has 0 fully saturated rings. The highest BCUT2D eigenvalue weighted by Gasteiger charge is 2.21. The third-order valence-electron chi connectivity index (χ3n) is 21.6. The fourth-order valence-electron chi connectivity index (χ4n) is 16.8. The van der Waals surface area contributed by atoms with Crippen molar-refractivity contribution in [1.82, 2.24) is 18.3 Å². The van der Waals surface area contributed by atoms with Crippen molar-refractivity contribution in [1.29, 1.82) is 0 Å². The van der Waals surface area contributed by atoms with Gasteiger partial charge < -0.3 is 27.1 Å². The van der Waals surface area contributed by atoms with Crippen molar-refractivity contribution < 1.29 is 8.83 Å². The maximum absolute atomic E-state index is 6.64. The largest absolute Gasteiger partial charge is 0.456 e. The molecule has 0 bridgehead atoms. The van der Waals surface area contributed by atoms with Crippen LogP contribution in [0.5, 0.6) is 0 Å². The van der Waals surface area contributed by atoms with Crippen molar-refractivity contribution in [2.24, 2.45) is 0 Å². The van der Waals surface area contributed by atoms with E-state index in [4.69, 9.17) is 8.83 Å². The lowest BCUT2D eigenvalue weighted by molar-refractivity contribution is 0.668. The molecule has 0 aliphatic heterocycles. The molecule has 0 saturated carbocycles. The molecule has 6 heteroatoms. The first-order valence-electron chi connectivity index (χ1n) is 34.9. The molecule has 6 heterocycles. The van der Waals surface area contributed by atoms with Gasteiger partial charge in [0.1, 0.15) is 22.3 Å². The maximum atomic E-state index is 6.64. The van der Waals surface area contributed by atoms with Crippen LogP contribution in [0.25, 0.3) is 209 Å². The molecular weight excluding hydrogens is 1240 g/mol. The quantitative estimate of drug-likeness (QED) is 0.145. The number of rotatable bonds is 9. The molecule has 16 aromatic carbocycles. The van der Waals surface area contributed by atoms with Crippen LogP contribution in [-0.2, 0) is 0 Å². The predicted molar refractivity (Wildman–Crippen MR) is 426 cm³/mol. The van der Waals surface area contributed by atoms with E-state index in [2.05, 4.69) is 358 Å². The summed E-state index contributed by atoms with van der Waals surface area (Å²) in [5.74, 6) is 0. The molecule has 0 aliphatic rings. The number of furan rings is 2. The first kappa shape index (κ1) is 56.3. The van der Waals surface area contributed by atoms with Crippen molar-refractivity contribution in [3.05, 3.63) is 352 Å². The molecule has 474 valence electrons. The van der Waals surface area contributed by atoms with E-state index in [0.717, 1.165) is 100 Å². The molecule has 6 aromatic heterocycles. The Balaban J connectivity index is 0.537. The molecule has 22 aromatic rings. The van der Waals surface area contributed by atoms with Gasteiger partial charge in [0.2, 0.25) is 0 Å². The topological polar surface area (TPSA) is 46.0 Å². The monoisotopic (exact) mass is 1300 g/mol. The van der Waals surface area contributed by atoms with E-state index in [1.165, 1.54) is 109 Å². The summed E-state index contributed by atoms with van der Waals surface area (Å²) in [6.07, 6.45) is 0. The van der Waals surface area contributed by atoms with Gasteiger partial charge in [0.15, 0.2) is 0 Å². The lowest BCUT2D eigenvalue weighted by Gasteiger charge is -2.11. The summed E-state index contributed by atoms with van der Waals surface area (Å²) in [4.78, 5) is 0. The van der Waals surface area contributed by atoms with Crippen LogP contribution < -0.4 is 0 Å². The Bertz CT molecular complexity index is 7220. The molecule has 0 aliphatic carbocycles. The second-order valence-electron chi connectivity index (χ2n) is 27.1. The molecular formula is C96H58N4O2. The number of nitrogens with zero attached hydrogens (tertiary/aromatic N) is 4. The van der Waals surface area contributed by atoms with Gasteiger partial charge in [0.05, 0.1) is 44.1 Å². The smallest absolute Gasteiger partial charge is 0.136 e. The molecule has 102 heavy (non-hydrogen) atoms. The lowest BCUT2D eigenvalue weighted by atomic mass is 10.0. The van der Waals surface area contributed by atoms with Crippen molar-refractivity contribution in [2.45, 2.75) is 0 Å². The van der Waals surface area contributed by atoms with E-state index >= 15 is 0 Å². The number of hydrogen-bond acceptors (Lipinski definition) is 2. The molecule has 0 N–H and O–H groups in total. The Morgan fingerprint density at radius 1 is 0.137 bits per heavy atom. The maximum Gasteiger partial charge on any atom is 0.136 e. The Hall–Kier alpha value is -13.7. The average molecular weight is 1300 g/mol. The number of aromatic nitrogens is 4. The minimum absolute atomic E-state index is 0.869. The Morgan fingerprint density at radius 3 is 0.775 bits per heavy atom. The Morgan fingerprint density at radius 2 is 0.382 bits per heavy atom. The van der Waals surface area contributed by atoms with Crippen LogP contribution in [-0.4, -0.2) is 18.3 Å². The van der Waals surface area contributed by atoms with E-state index in [-0.39, 0.29) is 0 Å². The first-order valence-corrected chi connectivity index (χ1v) is 34.9. The molecule has 0 unspecified atom stereocenters. The lowest BCUT2D eigenvalue weighted by Crippen LogP contribution is -1.94. The summed E-state index contributed by atoms with van der Waals surface area (Å²) >= 11 is 0. The summed E-state index contributed by atoms with van der Waals surface area (Å²) in [6, 6.07) is 129. The third-order valence-corrected chi connectivity index (χ3v) is 21.6. The van der Waals surface area contributed by atoms with Crippen LogP contribution in [0.3, 0.4) is 0 Å². The second kappa shape index (κ2) is 21.9. The van der Waals surface area contributed by atoms with E-state index in [9.17, 15) is 0 Å². The Labute approximate surface area is 584 Å². The van der Waals surface area contributed by atoms with Crippen LogP contribution >= 0.6 is 0 Å². The van der Waals surface area contributed by atoms with Gasteiger partial charge in [-0.05, 0) is 219 Å². The first-order chi connectivity index (χ1) is 50.5. The van der Waals surface area contributed by atoms with Crippen LogP contribution in [0.1, 0.15) is 0 Å². The van der Waals surface area contributed by atoms with Crippen LogP contribution in [0.15, 0.2) is 361 Å². The van der Waals surface area contributed by atoms with E-state index in [1.54, 1.807) is 0 Å². The molecule has 0 saturated heterocycles. The summed E-state index contributed by atoms with van der Waals surface area (Å²) in [5.41, 5.74) is 29.1. The van der Waals surface area contributed by atoms with Crippen LogP contribution in [0.4, 0.5) is 0 Å². The molecule has 0 atom stereocenters. The fraction of sp³-hybridized carbons (Fsp3) is 0. The molecule has 6 nitrogen and oxygen atoms in total.